The predicted molar refractivity (Wildman–Crippen MR) is 328 cm³/mol. The zero-order valence-electron chi connectivity index (χ0n) is 52.2. The third kappa shape index (κ3) is 43.7. The van der Waals surface area contributed by atoms with Gasteiger partial charge in [0.25, 0.3) is 0 Å². The molecule has 17 heteroatoms. The lowest BCUT2D eigenvalue weighted by atomic mass is 9.96. The quantitative estimate of drug-likeness (QED) is 0.0110. The second-order valence-electron chi connectivity index (χ2n) is 22.3. The van der Waals surface area contributed by atoms with E-state index in [1.165, 1.54) is 6.42 Å². The number of carbonyl (C=O) groups excluding carboxylic acids is 6. The number of carbonyl (C=O) groups is 6. The van der Waals surface area contributed by atoms with Crippen LogP contribution in [0.1, 0.15) is 258 Å². The summed E-state index contributed by atoms with van der Waals surface area (Å²) in [6.45, 7) is 23.6. The molecular formula is C67H114O17. The first-order valence-electron chi connectivity index (χ1n) is 32.2. The third-order valence-electron chi connectivity index (χ3n) is 14.9. The Kier molecular flexibility index (Phi) is 50.5. The highest BCUT2D eigenvalue weighted by Gasteiger charge is 2.31. The molecule has 4 N–H and O–H groups in total. The Hall–Kier alpha value is -4.84. The van der Waals surface area contributed by atoms with Gasteiger partial charge in [-0.05, 0) is 83.1 Å². The Bertz CT molecular complexity index is 1800. The summed E-state index contributed by atoms with van der Waals surface area (Å²) >= 11 is 0. The van der Waals surface area contributed by atoms with Crippen molar-refractivity contribution in [2.24, 2.45) is 0 Å². The van der Waals surface area contributed by atoms with E-state index in [2.05, 4.69) is 46.7 Å². The van der Waals surface area contributed by atoms with Crippen LogP contribution >= 0.6 is 0 Å². The fourth-order valence-corrected chi connectivity index (χ4v) is 9.70. The molecule has 17 nitrogen and oxygen atoms in total. The van der Waals surface area contributed by atoms with Crippen molar-refractivity contribution in [3.63, 3.8) is 0 Å². The number of hydrogen-bond donors (Lipinski definition) is 4. The zero-order valence-corrected chi connectivity index (χ0v) is 52.2. The van der Waals surface area contributed by atoms with E-state index in [9.17, 15) is 49.2 Å². The van der Waals surface area contributed by atoms with Crippen molar-refractivity contribution in [1.29, 1.82) is 0 Å². The Labute approximate surface area is 505 Å². The van der Waals surface area contributed by atoms with Gasteiger partial charge in [-0.2, -0.15) is 0 Å². The third-order valence-corrected chi connectivity index (χ3v) is 14.9. The normalized spacial score (nSPS) is 14.4. The van der Waals surface area contributed by atoms with Crippen LogP contribution in [0.2, 0.25) is 0 Å². The highest BCUT2D eigenvalue weighted by atomic mass is 16.6. The minimum atomic E-state index is -1.21. The number of esters is 6. The fraction of sp³-hybridized carbons (Fsp3) is 0.761. The number of unbranched alkanes of at least 4 members (excludes halogenated alkanes) is 21. The summed E-state index contributed by atoms with van der Waals surface area (Å²) in [7, 11) is 0. The number of aliphatic hydroxyl groups is 4. The van der Waals surface area contributed by atoms with Crippen LogP contribution in [-0.4, -0.2) is 124 Å². The van der Waals surface area contributed by atoms with Gasteiger partial charge in [-0.1, -0.05) is 189 Å². The lowest BCUT2D eigenvalue weighted by Crippen LogP contribution is -2.39. The van der Waals surface area contributed by atoms with Crippen LogP contribution in [0.5, 0.6) is 0 Å². The van der Waals surface area contributed by atoms with Gasteiger partial charge in [0.2, 0.25) is 0 Å². The first kappa shape index (κ1) is 79.2. The largest absolute Gasteiger partial charge is 0.488 e. The van der Waals surface area contributed by atoms with Crippen molar-refractivity contribution in [1.82, 2.24) is 0 Å². The molecule has 0 bridgehead atoms. The lowest BCUT2D eigenvalue weighted by molar-refractivity contribution is -0.167. The molecule has 0 aromatic rings. The van der Waals surface area contributed by atoms with E-state index in [4.69, 9.17) is 33.2 Å². The topological polar surface area (TPSA) is 248 Å². The highest BCUT2D eigenvalue weighted by molar-refractivity contribution is 5.82. The lowest BCUT2D eigenvalue weighted by Gasteiger charge is -2.28. The summed E-state index contributed by atoms with van der Waals surface area (Å²) in [5, 5.41) is 43.7. The Morgan fingerprint density at radius 1 is 0.345 bits per heavy atom. The summed E-state index contributed by atoms with van der Waals surface area (Å²) in [6.07, 6.45) is 23.4. The first-order valence-corrected chi connectivity index (χ1v) is 32.2. The maximum atomic E-state index is 13.1. The van der Waals surface area contributed by atoms with Crippen molar-refractivity contribution in [2.75, 3.05) is 13.2 Å². The molecule has 0 heterocycles. The van der Waals surface area contributed by atoms with Crippen LogP contribution in [0.25, 0.3) is 0 Å². The molecule has 0 spiro atoms. The Balaban J connectivity index is 5.30. The van der Waals surface area contributed by atoms with Gasteiger partial charge in [0.1, 0.15) is 43.4 Å². The molecule has 0 aromatic carbocycles. The smallest absolute Gasteiger partial charge is 0.330 e. The van der Waals surface area contributed by atoms with Gasteiger partial charge in [-0.15, -0.1) is 0 Å². The highest BCUT2D eigenvalue weighted by Crippen LogP contribution is 2.24. The van der Waals surface area contributed by atoms with Gasteiger partial charge in [0.05, 0.1) is 24.4 Å². The second-order valence-corrected chi connectivity index (χ2v) is 22.3. The Morgan fingerprint density at radius 2 is 0.655 bits per heavy atom. The van der Waals surface area contributed by atoms with Gasteiger partial charge < -0.3 is 53.6 Å². The molecule has 84 heavy (non-hydrogen) atoms. The molecule has 0 saturated carbocycles. The minimum Gasteiger partial charge on any atom is -0.488 e. The van der Waals surface area contributed by atoms with Gasteiger partial charge >= 0.3 is 35.8 Å². The van der Waals surface area contributed by atoms with Crippen LogP contribution in [0.4, 0.5) is 0 Å². The number of ether oxygens (including phenoxy) is 7. The van der Waals surface area contributed by atoms with Gasteiger partial charge in [0.15, 0.2) is 6.10 Å². The van der Waals surface area contributed by atoms with Gasteiger partial charge in [0, 0.05) is 43.9 Å². The maximum Gasteiger partial charge on any atom is 0.330 e. The maximum absolute atomic E-state index is 13.1. The minimum absolute atomic E-state index is 0.0682. The second kappa shape index (κ2) is 53.6. The molecule has 9 unspecified atom stereocenters. The average molecular weight is 1190 g/mol. The molecule has 0 aromatic heterocycles. The summed E-state index contributed by atoms with van der Waals surface area (Å²) in [6, 6.07) is 0. The van der Waals surface area contributed by atoms with E-state index < -0.39 is 84.6 Å². The number of allylic oxidation sites excluding steroid dienone is 1. The van der Waals surface area contributed by atoms with Crippen molar-refractivity contribution < 1.29 is 82.4 Å². The molecule has 0 aliphatic heterocycles. The van der Waals surface area contributed by atoms with E-state index in [0.29, 0.717) is 89.2 Å². The van der Waals surface area contributed by atoms with Crippen LogP contribution in [0, 0.1) is 0 Å². The summed E-state index contributed by atoms with van der Waals surface area (Å²) < 4.78 is 38.9. The zero-order chi connectivity index (χ0) is 62.6. The molecule has 0 aliphatic carbocycles. The van der Waals surface area contributed by atoms with E-state index in [-0.39, 0.29) is 51.4 Å². The van der Waals surface area contributed by atoms with E-state index >= 15 is 0 Å². The molecule has 0 fully saturated rings. The molecular weight excluding hydrogens is 1080 g/mol. The van der Waals surface area contributed by atoms with E-state index in [1.807, 2.05) is 6.92 Å². The average Bonchev–Trinajstić information content (AvgIpc) is 3.48. The SMILES string of the molecule is C=CC(=C)OC(CCCCCCCC(=O)OCC(COC(=O)CCCCCCCC(O)C(CCCCCCC)OC(=O)C=C)OC(=O)CCCCCCCC(O)C(CC(O)C(CCCC)OC(=O)C=C)OC(=O)C=C)C(O)CCCCCCC. The van der Waals surface area contributed by atoms with Crippen molar-refractivity contribution >= 4 is 35.8 Å². The van der Waals surface area contributed by atoms with E-state index in [1.54, 1.807) is 6.08 Å². The molecule has 9 atom stereocenters. The Morgan fingerprint density at radius 3 is 1.05 bits per heavy atom. The summed E-state index contributed by atoms with van der Waals surface area (Å²) in [4.78, 5) is 74.9. The van der Waals surface area contributed by atoms with Crippen LogP contribution in [-0.2, 0) is 61.9 Å². The van der Waals surface area contributed by atoms with Crippen molar-refractivity contribution in [3.05, 3.63) is 63.0 Å². The number of rotatable bonds is 59. The van der Waals surface area contributed by atoms with Crippen LogP contribution in [0.3, 0.4) is 0 Å². The van der Waals surface area contributed by atoms with Crippen LogP contribution < -0.4 is 0 Å². The monoisotopic (exact) mass is 1190 g/mol. The molecule has 0 aliphatic rings. The number of aliphatic hydroxyl groups excluding tert-OH is 4. The predicted octanol–water partition coefficient (Wildman–Crippen LogP) is 13.3. The van der Waals surface area contributed by atoms with Crippen molar-refractivity contribution in [3.8, 4) is 0 Å². The summed E-state index contributed by atoms with van der Waals surface area (Å²) in [5.74, 6) is -3.01. The number of hydrogen-bond acceptors (Lipinski definition) is 17. The molecule has 0 radical (unpaired) electrons. The van der Waals surface area contributed by atoms with Crippen molar-refractivity contribution in [2.45, 2.75) is 313 Å². The van der Waals surface area contributed by atoms with E-state index in [0.717, 1.165) is 134 Å². The molecule has 0 rings (SSSR count). The van der Waals surface area contributed by atoms with Crippen LogP contribution in [0.15, 0.2) is 63.0 Å². The molecule has 484 valence electrons. The molecule has 0 saturated heterocycles. The standard InChI is InChI=1S/C67H114O17/c1-9-16-19-24-32-40-54(68)58(80-52(8)12-4)44-36-28-23-30-38-47-66(76)79-51-53(50-78-65(75)46-37-29-21-26-33-41-55(69)59(82-62(72)13-5)45-35-25-20-17-10-2)81-67(77)48-39-31-22-27-34-42-56(70)61(84-64(74)15-7)49-57(71)60(43-18-11-3)83-63(73)14-6/h12-15,53-61,68-71H,4-11,16-51H2,1-3H3. The first-order chi connectivity index (χ1) is 40.5. The fourth-order valence-electron chi connectivity index (χ4n) is 9.70. The summed E-state index contributed by atoms with van der Waals surface area (Å²) in [5.41, 5.74) is 0. The molecule has 0 amide bonds. The van der Waals surface area contributed by atoms with Gasteiger partial charge in [-0.3, -0.25) is 14.4 Å². The van der Waals surface area contributed by atoms with Gasteiger partial charge in [-0.25, -0.2) is 14.4 Å².